The van der Waals surface area contributed by atoms with E-state index in [1.54, 1.807) is 13.0 Å². The zero-order valence-electron chi connectivity index (χ0n) is 12.3. The Morgan fingerprint density at radius 1 is 1.28 bits per heavy atom. The molecule has 0 spiro atoms. The maximum atomic E-state index is 10.2. The van der Waals surface area contributed by atoms with Crippen LogP contribution in [0.4, 0.5) is 0 Å². The molecule has 0 bridgehead atoms. The summed E-state index contributed by atoms with van der Waals surface area (Å²) in [4.78, 5) is 12.5. The first kappa shape index (κ1) is 16.8. The molecule has 1 atom stereocenters. The summed E-state index contributed by atoms with van der Waals surface area (Å²) < 4.78 is 0. The molecule has 3 heteroatoms. The molecular weight excluding hydrogens is 224 g/mol. The van der Waals surface area contributed by atoms with E-state index in [-0.39, 0.29) is 0 Å². The van der Waals surface area contributed by atoms with Gasteiger partial charge in [-0.05, 0) is 52.0 Å². The van der Waals surface area contributed by atoms with Gasteiger partial charge in [0.25, 0.3) is 0 Å². The van der Waals surface area contributed by atoms with Crippen LogP contribution in [0.15, 0.2) is 40.8 Å². The molecule has 0 N–H and O–H groups in total. The lowest BCUT2D eigenvalue weighted by atomic mass is 10.1. The monoisotopic (exact) mass is 250 g/mol. The van der Waals surface area contributed by atoms with Crippen LogP contribution in [-0.2, 0) is 0 Å². The number of likely N-dealkylation sites (N-methyl/N-ethyl adjacent to an activating group) is 1. The second kappa shape index (κ2) is 9.77. The van der Waals surface area contributed by atoms with E-state index in [1.807, 2.05) is 12.2 Å². The molecule has 0 amide bonds. The van der Waals surface area contributed by atoms with Crippen molar-refractivity contribution >= 4 is 0 Å². The highest BCUT2D eigenvalue weighted by atomic mass is 16.3. The van der Waals surface area contributed by atoms with Crippen molar-refractivity contribution in [2.75, 3.05) is 13.6 Å². The normalized spacial score (nSPS) is 15.4. The van der Waals surface area contributed by atoms with E-state index < -0.39 is 0 Å². The van der Waals surface area contributed by atoms with E-state index in [4.69, 9.17) is 0 Å². The van der Waals surface area contributed by atoms with Gasteiger partial charge in [0.05, 0.1) is 5.70 Å². The molecule has 18 heavy (non-hydrogen) atoms. The lowest BCUT2D eigenvalue weighted by Crippen LogP contribution is -2.30. The Labute approximate surface area is 111 Å². The first-order chi connectivity index (χ1) is 8.52. The number of hydrogen-bond acceptors (Lipinski definition) is 3. The highest BCUT2D eigenvalue weighted by Gasteiger charge is 2.08. The summed E-state index contributed by atoms with van der Waals surface area (Å²) in [6.45, 7) is 9.37. The standard InChI is InChI=1S/C15H26N2O/c1-6-7-12-17(5)15(4)13(2)10-8-9-11-14(3)16-18/h8-11,15H,6-7,12H2,1-5H3/b9-8+,13-10+,14-11+. The largest absolute Gasteiger partial charge is 0.300 e. The van der Waals surface area contributed by atoms with Crippen LogP contribution in [-0.4, -0.2) is 24.5 Å². The number of nitrogens with zero attached hydrogens (tertiary/aromatic N) is 2. The van der Waals surface area contributed by atoms with Crippen LogP contribution in [0, 0.1) is 4.91 Å². The van der Waals surface area contributed by atoms with Crippen LogP contribution < -0.4 is 0 Å². The van der Waals surface area contributed by atoms with Crippen LogP contribution in [0.2, 0.25) is 0 Å². The Morgan fingerprint density at radius 3 is 2.44 bits per heavy atom. The maximum Gasteiger partial charge on any atom is 0.0818 e. The number of hydrogen-bond donors (Lipinski definition) is 0. The lowest BCUT2D eigenvalue weighted by Gasteiger charge is -2.25. The van der Waals surface area contributed by atoms with Crippen molar-refractivity contribution in [2.45, 2.75) is 46.6 Å². The molecule has 0 aromatic rings. The summed E-state index contributed by atoms with van der Waals surface area (Å²) in [6, 6.07) is 0.440. The van der Waals surface area contributed by atoms with Crippen molar-refractivity contribution in [1.82, 2.24) is 4.90 Å². The Morgan fingerprint density at radius 2 is 1.89 bits per heavy atom. The molecule has 0 aliphatic carbocycles. The minimum Gasteiger partial charge on any atom is -0.300 e. The molecule has 102 valence electrons. The van der Waals surface area contributed by atoms with Gasteiger partial charge in [-0.3, -0.25) is 4.90 Å². The minimum atomic E-state index is 0.440. The van der Waals surface area contributed by atoms with E-state index >= 15 is 0 Å². The molecule has 0 fully saturated rings. The van der Waals surface area contributed by atoms with Gasteiger partial charge in [0.15, 0.2) is 0 Å². The van der Waals surface area contributed by atoms with Crippen LogP contribution in [0.25, 0.3) is 0 Å². The van der Waals surface area contributed by atoms with Gasteiger partial charge < -0.3 is 0 Å². The minimum absolute atomic E-state index is 0.440. The van der Waals surface area contributed by atoms with Crippen molar-refractivity contribution in [3.8, 4) is 0 Å². The molecule has 0 heterocycles. The topological polar surface area (TPSA) is 32.7 Å². The van der Waals surface area contributed by atoms with Gasteiger partial charge >= 0.3 is 0 Å². The zero-order valence-corrected chi connectivity index (χ0v) is 12.3. The average molecular weight is 250 g/mol. The van der Waals surface area contributed by atoms with Gasteiger partial charge in [-0.25, -0.2) is 0 Å². The molecule has 0 rings (SSSR count). The average Bonchev–Trinajstić information content (AvgIpc) is 2.39. The van der Waals surface area contributed by atoms with Crippen LogP contribution in [0.1, 0.15) is 40.5 Å². The highest BCUT2D eigenvalue weighted by Crippen LogP contribution is 2.09. The van der Waals surface area contributed by atoms with Gasteiger partial charge in [-0.2, -0.15) is 0 Å². The van der Waals surface area contributed by atoms with Crippen molar-refractivity contribution in [1.29, 1.82) is 0 Å². The second-order valence-corrected chi connectivity index (χ2v) is 4.71. The Bertz CT molecular complexity index is 329. The van der Waals surface area contributed by atoms with Gasteiger partial charge in [0.2, 0.25) is 0 Å². The maximum absolute atomic E-state index is 10.2. The van der Waals surface area contributed by atoms with Gasteiger partial charge in [-0.1, -0.05) is 37.1 Å². The van der Waals surface area contributed by atoms with E-state index in [0.717, 1.165) is 6.54 Å². The predicted molar refractivity (Wildman–Crippen MR) is 79.4 cm³/mol. The third-order valence-electron chi connectivity index (χ3n) is 3.14. The van der Waals surface area contributed by atoms with Crippen LogP contribution in [0.3, 0.4) is 0 Å². The van der Waals surface area contributed by atoms with E-state index in [2.05, 4.69) is 44.0 Å². The molecule has 0 aliphatic heterocycles. The summed E-state index contributed by atoms with van der Waals surface area (Å²) in [5.41, 5.74) is 1.81. The summed E-state index contributed by atoms with van der Waals surface area (Å²) in [6.07, 6.45) is 10.1. The first-order valence-corrected chi connectivity index (χ1v) is 6.58. The molecule has 0 saturated heterocycles. The van der Waals surface area contributed by atoms with Gasteiger partial charge in [-0.15, -0.1) is 4.91 Å². The molecular formula is C15H26N2O. The van der Waals surface area contributed by atoms with Crippen molar-refractivity contribution < 1.29 is 0 Å². The smallest absolute Gasteiger partial charge is 0.0818 e. The summed E-state index contributed by atoms with van der Waals surface area (Å²) in [5, 5.41) is 2.83. The number of allylic oxidation sites excluding steroid dienone is 5. The molecule has 1 unspecified atom stereocenters. The quantitative estimate of drug-likeness (QED) is 0.476. The summed E-state index contributed by atoms with van der Waals surface area (Å²) in [7, 11) is 2.15. The lowest BCUT2D eigenvalue weighted by molar-refractivity contribution is 0.282. The first-order valence-electron chi connectivity index (χ1n) is 6.58. The third-order valence-corrected chi connectivity index (χ3v) is 3.14. The van der Waals surface area contributed by atoms with E-state index in [0.29, 0.717) is 11.7 Å². The fourth-order valence-corrected chi connectivity index (χ4v) is 1.52. The van der Waals surface area contributed by atoms with Gasteiger partial charge in [0, 0.05) is 6.04 Å². The van der Waals surface area contributed by atoms with Crippen molar-refractivity contribution in [2.24, 2.45) is 5.18 Å². The molecule has 3 nitrogen and oxygen atoms in total. The number of nitroso groups, excluding NO2 is 1. The molecule has 0 aromatic heterocycles. The fraction of sp³-hybridized carbons (Fsp3) is 0.600. The van der Waals surface area contributed by atoms with Crippen molar-refractivity contribution in [3.63, 3.8) is 0 Å². The van der Waals surface area contributed by atoms with E-state index in [1.165, 1.54) is 18.4 Å². The van der Waals surface area contributed by atoms with E-state index in [9.17, 15) is 4.91 Å². The Balaban J connectivity index is 4.35. The molecule has 0 saturated carbocycles. The van der Waals surface area contributed by atoms with Crippen LogP contribution in [0.5, 0.6) is 0 Å². The van der Waals surface area contributed by atoms with Crippen molar-refractivity contribution in [3.05, 3.63) is 40.5 Å². The Kier molecular flexibility index (Phi) is 9.11. The van der Waals surface area contributed by atoms with Gasteiger partial charge in [0.1, 0.15) is 0 Å². The molecule has 0 aliphatic rings. The highest BCUT2D eigenvalue weighted by molar-refractivity contribution is 5.20. The Hall–Kier alpha value is -1.22. The fourth-order valence-electron chi connectivity index (χ4n) is 1.52. The summed E-state index contributed by atoms with van der Waals surface area (Å²) in [5.74, 6) is 0. The zero-order chi connectivity index (χ0) is 14.0. The third kappa shape index (κ3) is 7.17. The molecule has 0 radical (unpaired) electrons. The predicted octanol–water partition coefficient (Wildman–Crippen LogP) is 4.28. The SMILES string of the molecule is CCCCN(C)C(C)/C(C)=C/C=C/C=C(\C)N=O. The number of unbranched alkanes of at least 4 members (excludes halogenated alkanes) is 1. The van der Waals surface area contributed by atoms with Crippen LogP contribution >= 0.6 is 0 Å². The summed E-state index contributed by atoms with van der Waals surface area (Å²) >= 11 is 0. The molecule has 0 aromatic carbocycles. The second-order valence-electron chi connectivity index (χ2n) is 4.71. The number of rotatable bonds is 8.